The quantitative estimate of drug-likeness (QED) is 0.682. The average molecular weight is 293 g/mol. The fourth-order valence-corrected chi connectivity index (χ4v) is 2.95. The van der Waals surface area contributed by atoms with Crippen LogP contribution in [0.3, 0.4) is 0 Å². The summed E-state index contributed by atoms with van der Waals surface area (Å²) in [4.78, 5) is 4.67. The minimum atomic E-state index is 0.560. The zero-order valence-corrected chi connectivity index (χ0v) is 12.0. The molecule has 98 valence electrons. The Hall–Kier alpha value is -1.52. The fraction of sp³-hybridized carbons (Fsp3) is 0.214. The number of nitrogens with zero attached hydrogens (tertiary/aromatic N) is 2. The molecule has 0 spiro atoms. The van der Waals surface area contributed by atoms with E-state index in [2.05, 4.69) is 26.4 Å². The molecule has 0 aliphatic rings. The number of ether oxygens (including phenoxy) is 1. The van der Waals surface area contributed by atoms with Crippen LogP contribution < -0.4 is 4.74 Å². The van der Waals surface area contributed by atoms with Crippen molar-refractivity contribution in [2.24, 2.45) is 0 Å². The van der Waals surface area contributed by atoms with Crippen molar-refractivity contribution in [1.29, 1.82) is 0 Å². The van der Waals surface area contributed by atoms with Crippen molar-refractivity contribution in [2.45, 2.75) is 6.42 Å². The van der Waals surface area contributed by atoms with Crippen molar-refractivity contribution >= 4 is 34.0 Å². The number of methoxy groups -OCH3 is 1. The van der Waals surface area contributed by atoms with Gasteiger partial charge in [-0.1, -0.05) is 0 Å². The average Bonchev–Trinajstić information content (AvgIpc) is 3.04. The second-order valence-electron chi connectivity index (χ2n) is 4.14. The molecule has 0 radical (unpaired) electrons. The maximum absolute atomic E-state index is 5.88. The molecule has 2 heterocycles. The van der Waals surface area contributed by atoms with Gasteiger partial charge in [-0.15, -0.1) is 11.6 Å². The van der Waals surface area contributed by atoms with E-state index >= 15 is 0 Å². The van der Waals surface area contributed by atoms with Gasteiger partial charge in [0, 0.05) is 23.7 Å². The molecule has 0 fully saturated rings. The van der Waals surface area contributed by atoms with Gasteiger partial charge in [0.25, 0.3) is 0 Å². The number of benzene rings is 1. The van der Waals surface area contributed by atoms with E-state index in [1.807, 2.05) is 18.2 Å². The number of alkyl halides is 1. The first-order chi connectivity index (χ1) is 9.33. The fourth-order valence-electron chi connectivity index (χ4n) is 2.16. The van der Waals surface area contributed by atoms with E-state index < -0.39 is 0 Å². The molecule has 5 heteroatoms. The monoisotopic (exact) mass is 292 g/mol. The number of aromatic nitrogens is 2. The number of halogens is 1. The molecule has 0 saturated carbocycles. The lowest BCUT2D eigenvalue weighted by Crippen LogP contribution is -2.00. The Balaban J connectivity index is 2.24. The van der Waals surface area contributed by atoms with E-state index in [4.69, 9.17) is 16.3 Å². The van der Waals surface area contributed by atoms with Gasteiger partial charge in [-0.25, -0.2) is 4.98 Å². The van der Waals surface area contributed by atoms with E-state index in [0.717, 1.165) is 34.7 Å². The number of aryl methyl sites for hydroxylation is 1. The van der Waals surface area contributed by atoms with E-state index in [1.165, 1.54) is 0 Å². The highest BCUT2D eigenvalue weighted by Crippen LogP contribution is 2.26. The van der Waals surface area contributed by atoms with E-state index in [1.54, 1.807) is 18.4 Å². The number of rotatable bonds is 4. The van der Waals surface area contributed by atoms with Gasteiger partial charge < -0.3 is 4.74 Å². The van der Waals surface area contributed by atoms with Crippen molar-refractivity contribution in [3.05, 3.63) is 40.8 Å². The molecule has 19 heavy (non-hydrogen) atoms. The maximum Gasteiger partial charge on any atom is 0.121 e. The Morgan fingerprint density at radius 3 is 2.95 bits per heavy atom. The third-order valence-electron chi connectivity index (χ3n) is 3.01. The topological polar surface area (TPSA) is 27.1 Å². The lowest BCUT2D eigenvalue weighted by molar-refractivity contribution is 0.415. The Labute approximate surface area is 120 Å². The molecular formula is C14H13ClN2OS. The molecule has 2 aromatic heterocycles. The minimum absolute atomic E-state index is 0.560. The number of imidazole rings is 1. The standard InChI is InChI=1S/C14H13ClN2OS/c1-18-11-2-3-13-12(8-11)16-14(4-6-15)17(13)10-5-7-19-9-10/h2-3,5,7-9H,4,6H2,1H3. The number of hydrogen-bond donors (Lipinski definition) is 0. The Morgan fingerprint density at radius 1 is 1.37 bits per heavy atom. The summed E-state index contributed by atoms with van der Waals surface area (Å²) >= 11 is 7.55. The third kappa shape index (κ3) is 2.22. The molecule has 0 aliphatic carbocycles. The second kappa shape index (κ2) is 5.23. The van der Waals surface area contributed by atoms with Gasteiger partial charge in [0.2, 0.25) is 0 Å². The molecule has 0 aliphatic heterocycles. The van der Waals surface area contributed by atoms with E-state index in [-0.39, 0.29) is 0 Å². The zero-order chi connectivity index (χ0) is 13.2. The predicted molar refractivity (Wildman–Crippen MR) is 79.9 cm³/mol. The number of thiophene rings is 1. The summed E-state index contributed by atoms with van der Waals surface area (Å²) in [7, 11) is 1.66. The first kappa shape index (κ1) is 12.5. The Bertz CT molecular complexity index is 691. The molecular weight excluding hydrogens is 280 g/mol. The summed E-state index contributed by atoms with van der Waals surface area (Å²) in [6.07, 6.45) is 0.744. The lowest BCUT2D eigenvalue weighted by atomic mass is 10.3. The molecule has 0 amide bonds. The van der Waals surface area contributed by atoms with Crippen LogP contribution in [0.15, 0.2) is 35.0 Å². The van der Waals surface area contributed by atoms with Crippen LogP contribution in [-0.2, 0) is 6.42 Å². The highest BCUT2D eigenvalue weighted by Gasteiger charge is 2.12. The molecule has 0 bridgehead atoms. The van der Waals surface area contributed by atoms with E-state index in [0.29, 0.717) is 5.88 Å². The molecule has 1 aromatic carbocycles. The minimum Gasteiger partial charge on any atom is -0.497 e. The highest BCUT2D eigenvalue weighted by atomic mass is 35.5. The SMILES string of the molecule is COc1ccc2c(c1)nc(CCCl)n2-c1ccsc1. The van der Waals surface area contributed by atoms with Crippen molar-refractivity contribution in [3.8, 4) is 11.4 Å². The first-order valence-corrected chi connectivity index (χ1v) is 7.45. The molecule has 0 atom stereocenters. The second-order valence-corrected chi connectivity index (χ2v) is 5.30. The summed E-state index contributed by atoms with van der Waals surface area (Å²) < 4.78 is 7.41. The molecule has 0 unspecified atom stereocenters. The van der Waals surface area contributed by atoms with Crippen molar-refractivity contribution in [2.75, 3.05) is 13.0 Å². The largest absolute Gasteiger partial charge is 0.497 e. The van der Waals surface area contributed by atoms with Gasteiger partial charge in [-0.3, -0.25) is 4.57 Å². The van der Waals surface area contributed by atoms with Gasteiger partial charge in [-0.2, -0.15) is 11.3 Å². The van der Waals surface area contributed by atoms with Gasteiger partial charge >= 0.3 is 0 Å². The van der Waals surface area contributed by atoms with Crippen LogP contribution >= 0.6 is 22.9 Å². The van der Waals surface area contributed by atoms with Crippen LogP contribution in [0.5, 0.6) is 5.75 Å². The lowest BCUT2D eigenvalue weighted by Gasteiger charge is -2.06. The summed E-state index contributed by atoms with van der Waals surface area (Å²) in [6, 6.07) is 8.04. The summed E-state index contributed by atoms with van der Waals surface area (Å²) in [5, 5.41) is 4.18. The van der Waals surface area contributed by atoms with Gasteiger partial charge in [0.05, 0.1) is 23.8 Å². The summed E-state index contributed by atoms with van der Waals surface area (Å²) in [5.74, 6) is 2.36. The molecule has 0 saturated heterocycles. The molecule has 0 N–H and O–H groups in total. The normalized spacial score (nSPS) is 11.1. The maximum atomic E-state index is 5.88. The summed E-state index contributed by atoms with van der Waals surface area (Å²) in [6.45, 7) is 0. The van der Waals surface area contributed by atoms with Crippen LogP contribution in [0.4, 0.5) is 0 Å². The Kier molecular flexibility index (Phi) is 3.44. The van der Waals surface area contributed by atoms with Crippen LogP contribution in [0, 0.1) is 0 Å². The number of hydrogen-bond acceptors (Lipinski definition) is 3. The predicted octanol–water partition coefficient (Wildman–Crippen LogP) is 3.88. The van der Waals surface area contributed by atoms with Gasteiger partial charge in [0.1, 0.15) is 11.6 Å². The summed E-state index contributed by atoms with van der Waals surface area (Å²) in [5.41, 5.74) is 3.16. The Morgan fingerprint density at radius 2 is 2.26 bits per heavy atom. The first-order valence-electron chi connectivity index (χ1n) is 5.97. The smallest absolute Gasteiger partial charge is 0.121 e. The van der Waals surface area contributed by atoms with Crippen molar-refractivity contribution < 1.29 is 4.74 Å². The van der Waals surface area contributed by atoms with Crippen LogP contribution in [0.2, 0.25) is 0 Å². The molecule has 3 nitrogen and oxygen atoms in total. The van der Waals surface area contributed by atoms with Crippen molar-refractivity contribution in [3.63, 3.8) is 0 Å². The van der Waals surface area contributed by atoms with E-state index in [9.17, 15) is 0 Å². The number of fused-ring (bicyclic) bond motifs is 1. The third-order valence-corrected chi connectivity index (χ3v) is 3.87. The van der Waals surface area contributed by atoms with Gasteiger partial charge in [-0.05, 0) is 23.6 Å². The highest BCUT2D eigenvalue weighted by molar-refractivity contribution is 7.08. The van der Waals surface area contributed by atoms with Crippen LogP contribution in [-0.4, -0.2) is 22.5 Å². The molecule has 3 aromatic rings. The molecule has 3 rings (SSSR count). The zero-order valence-electron chi connectivity index (χ0n) is 10.5. The van der Waals surface area contributed by atoms with Crippen LogP contribution in [0.1, 0.15) is 5.82 Å². The van der Waals surface area contributed by atoms with Gasteiger partial charge in [0.15, 0.2) is 0 Å². The van der Waals surface area contributed by atoms with Crippen LogP contribution in [0.25, 0.3) is 16.7 Å². The van der Waals surface area contributed by atoms with Crippen molar-refractivity contribution in [1.82, 2.24) is 9.55 Å².